The highest BCUT2D eigenvalue weighted by molar-refractivity contribution is 6.31. The molecule has 4 nitrogen and oxygen atoms in total. The lowest BCUT2D eigenvalue weighted by molar-refractivity contribution is -0.0502. The third-order valence-corrected chi connectivity index (χ3v) is 4.88. The topological polar surface area (TPSA) is 55.6 Å². The summed E-state index contributed by atoms with van der Waals surface area (Å²) in [5.41, 5.74) is 7.03. The molecule has 26 heavy (non-hydrogen) atoms. The summed E-state index contributed by atoms with van der Waals surface area (Å²) in [5.74, 6) is -0.370. The predicted molar refractivity (Wildman–Crippen MR) is 95.7 cm³/mol. The average molecular weight is 381 g/mol. The van der Waals surface area contributed by atoms with Crippen LogP contribution in [0.4, 0.5) is 8.78 Å². The third-order valence-electron chi connectivity index (χ3n) is 4.65. The summed E-state index contributed by atoms with van der Waals surface area (Å²) < 4.78 is 29.8. The molecule has 0 saturated carbocycles. The number of hydrogen-bond acceptors (Lipinski definition) is 3. The zero-order valence-corrected chi connectivity index (χ0v) is 14.7. The number of alkyl halides is 2. The molecule has 1 amide bonds. The maximum Gasteiger partial charge on any atom is 0.387 e. The fourth-order valence-corrected chi connectivity index (χ4v) is 3.56. The molecule has 1 saturated heterocycles. The molecule has 1 heterocycles. The van der Waals surface area contributed by atoms with Crippen molar-refractivity contribution in [2.24, 2.45) is 11.7 Å². The van der Waals surface area contributed by atoms with Gasteiger partial charge < -0.3 is 15.4 Å². The molecule has 0 aliphatic carbocycles. The van der Waals surface area contributed by atoms with E-state index in [0.717, 1.165) is 5.56 Å². The fourth-order valence-electron chi connectivity index (χ4n) is 3.39. The van der Waals surface area contributed by atoms with Crippen LogP contribution in [0.5, 0.6) is 5.75 Å². The smallest absolute Gasteiger partial charge is 0.387 e. The van der Waals surface area contributed by atoms with Gasteiger partial charge in [0.15, 0.2) is 0 Å². The van der Waals surface area contributed by atoms with E-state index in [1.807, 2.05) is 30.3 Å². The first-order valence-electron chi connectivity index (χ1n) is 8.28. The van der Waals surface area contributed by atoms with E-state index < -0.39 is 6.61 Å². The monoisotopic (exact) mass is 380 g/mol. The maximum atomic E-state index is 12.9. The van der Waals surface area contributed by atoms with Crippen LogP contribution in [0.2, 0.25) is 5.02 Å². The molecule has 0 spiro atoms. The molecule has 2 atom stereocenters. The summed E-state index contributed by atoms with van der Waals surface area (Å²) >= 11 is 5.95. The number of benzene rings is 2. The van der Waals surface area contributed by atoms with Crippen molar-refractivity contribution in [1.82, 2.24) is 4.90 Å². The first-order valence-corrected chi connectivity index (χ1v) is 8.66. The molecule has 2 N–H and O–H groups in total. The molecule has 138 valence electrons. The van der Waals surface area contributed by atoms with Crippen LogP contribution >= 0.6 is 11.6 Å². The van der Waals surface area contributed by atoms with Crippen molar-refractivity contribution in [2.45, 2.75) is 12.5 Å². The Bertz CT molecular complexity index is 773. The van der Waals surface area contributed by atoms with Gasteiger partial charge in [-0.1, -0.05) is 41.9 Å². The fraction of sp³-hybridized carbons (Fsp3) is 0.316. The van der Waals surface area contributed by atoms with Crippen LogP contribution in [0.25, 0.3) is 0 Å². The lowest BCUT2D eigenvalue weighted by Gasteiger charge is -2.19. The molecule has 2 aromatic carbocycles. The van der Waals surface area contributed by atoms with E-state index in [1.165, 1.54) is 18.2 Å². The van der Waals surface area contributed by atoms with Gasteiger partial charge in [-0.15, -0.1) is 0 Å². The SMILES string of the molecule is NC[C@@H]1CN(C(=O)c2cc(Cl)ccc2OC(F)F)C[C@H]1c1ccccc1. The summed E-state index contributed by atoms with van der Waals surface area (Å²) in [5, 5.41) is 0.282. The molecule has 3 rings (SSSR count). The Kier molecular flexibility index (Phi) is 5.74. The molecule has 7 heteroatoms. The molecule has 1 fully saturated rings. The highest BCUT2D eigenvalue weighted by atomic mass is 35.5. The third kappa shape index (κ3) is 3.97. The highest BCUT2D eigenvalue weighted by Gasteiger charge is 2.36. The first-order chi connectivity index (χ1) is 12.5. The van der Waals surface area contributed by atoms with E-state index in [2.05, 4.69) is 4.74 Å². The largest absolute Gasteiger partial charge is 0.434 e. The van der Waals surface area contributed by atoms with Gasteiger partial charge in [0.2, 0.25) is 0 Å². The molecule has 1 aliphatic rings. The van der Waals surface area contributed by atoms with Crippen LogP contribution in [0.1, 0.15) is 21.8 Å². The van der Waals surface area contributed by atoms with Gasteiger partial charge in [0.05, 0.1) is 5.56 Å². The van der Waals surface area contributed by atoms with Gasteiger partial charge in [-0.25, -0.2) is 0 Å². The number of halogens is 3. The second kappa shape index (κ2) is 8.01. The normalized spacial score (nSPS) is 19.8. The molecule has 0 aromatic heterocycles. The second-order valence-corrected chi connectivity index (χ2v) is 6.68. The number of likely N-dealkylation sites (tertiary alicyclic amines) is 1. The van der Waals surface area contributed by atoms with E-state index in [-0.39, 0.29) is 34.1 Å². The van der Waals surface area contributed by atoms with Crippen molar-refractivity contribution in [3.05, 3.63) is 64.7 Å². The van der Waals surface area contributed by atoms with E-state index >= 15 is 0 Å². The number of hydrogen-bond donors (Lipinski definition) is 1. The van der Waals surface area contributed by atoms with Crippen molar-refractivity contribution in [3.8, 4) is 5.75 Å². The van der Waals surface area contributed by atoms with Gasteiger partial charge in [0.25, 0.3) is 5.91 Å². The predicted octanol–water partition coefficient (Wildman–Crippen LogP) is 3.76. The number of rotatable bonds is 5. The zero-order valence-electron chi connectivity index (χ0n) is 13.9. The Hall–Kier alpha value is -2.18. The van der Waals surface area contributed by atoms with Crippen molar-refractivity contribution < 1.29 is 18.3 Å². The van der Waals surface area contributed by atoms with E-state index in [0.29, 0.717) is 19.6 Å². The summed E-state index contributed by atoms with van der Waals surface area (Å²) in [6.07, 6.45) is 0. The van der Waals surface area contributed by atoms with Crippen molar-refractivity contribution in [3.63, 3.8) is 0 Å². The number of amides is 1. The van der Waals surface area contributed by atoms with Gasteiger partial charge in [0.1, 0.15) is 5.75 Å². The number of carbonyl (C=O) groups excluding carboxylic acids is 1. The Morgan fingerprint density at radius 3 is 2.62 bits per heavy atom. The van der Waals surface area contributed by atoms with Crippen LogP contribution in [0.15, 0.2) is 48.5 Å². The molecule has 1 aliphatic heterocycles. The molecule has 0 unspecified atom stereocenters. The zero-order chi connectivity index (χ0) is 18.7. The molecule has 2 aromatic rings. The standard InChI is InChI=1S/C19H19ClF2N2O2/c20-14-6-7-17(26-19(21)22)15(8-14)18(25)24-10-13(9-23)16(11-24)12-4-2-1-3-5-12/h1-8,13,16,19H,9-11,23H2/t13-,16+/m1/s1. The summed E-state index contributed by atoms with van der Waals surface area (Å²) in [7, 11) is 0. The minimum Gasteiger partial charge on any atom is -0.434 e. The van der Waals surface area contributed by atoms with Gasteiger partial charge in [-0.05, 0) is 36.2 Å². The quantitative estimate of drug-likeness (QED) is 0.859. The van der Waals surface area contributed by atoms with Gasteiger partial charge in [0, 0.05) is 24.0 Å². The minimum absolute atomic E-state index is 0.0299. The lowest BCUT2D eigenvalue weighted by atomic mass is 9.89. The Morgan fingerprint density at radius 1 is 1.23 bits per heavy atom. The average Bonchev–Trinajstić information content (AvgIpc) is 3.07. The Morgan fingerprint density at radius 2 is 1.96 bits per heavy atom. The van der Waals surface area contributed by atoms with Crippen molar-refractivity contribution in [1.29, 1.82) is 0 Å². The number of ether oxygens (including phenoxy) is 1. The van der Waals surface area contributed by atoms with E-state index in [4.69, 9.17) is 17.3 Å². The Labute approximate surface area is 155 Å². The molecular formula is C19H19ClF2N2O2. The Balaban J connectivity index is 1.86. The highest BCUT2D eigenvalue weighted by Crippen LogP contribution is 2.34. The lowest BCUT2D eigenvalue weighted by Crippen LogP contribution is -2.30. The second-order valence-electron chi connectivity index (χ2n) is 6.24. The van der Waals surface area contributed by atoms with E-state index in [1.54, 1.807) is 4.90 Å². The van der Waals surface area contributed by atoms with Gasteiger partial charge in [-0.2, -0.15) is 8.78 Å². The van der Waals surface area contributed by atoms with Gasteiger partial charge in [-0.3, -0.25) is 4.79 Å². The van der Waals surface area contributed by atoms with E-state index in [9.17, 15) is 13.6 Å². The van der Waals surface area contributed by atoms with Gasteiger partial charge >= 0.3 is 6.61 Å². The maximum absolute atomic E-state index is 12.9. The van der Waals surface area contributed by atoms with Crippen molar-refractivity contribution in [2.75, 3.05) is 19.6 Å². The van der Waals surface area contributed by atoms with Crippen LogP contribution in [-0.4, -0.2) is 37.1 Å². The first kappa shape index (κ1) is 18.6. The van der Waals surface area contributed by atoms with Crippen LogP contribution in [0.3, 0.4) is 0 Å². The van der Waals surface area contributed by atoms with Crippen LogP contribution in [-0.2, 0) is 0 Å². The molecular weight excluding hydrogens is 362 g/mol. The van der Waals surface area contributed by atoms with Crippen LogP contribution < -0.4 is 10.5 Å². The number of nitrogens with two attached hydrogens (primary N) is 1. The molecule has 0 bridgehead atoms. The number of nitrogens with zero attached hydrogens (tertiary/aromatic N) is 1. The summed E-state index contributed by atoms with van der Waals surface area (Å²) in [6.45, 7) is -1.67. The molecule has 0 radical (unpaired) electrons. The summed E-state index contributed by atoms with van der Waals surface area (Å²) in [6, 6.07) is 13.9. The number of carbonyl (C=O) groups is 1. The summed E-state index contributed by atoms with van der Waals surface area (Å²) in [4.78, 5) is 14.6. The minimum atomic E-state index is -3.02. The van der Waals surface area contributed by atoms with Crippen molar-refractivity contribution >= 4 is 17.5 Å². The van der Waals surface area contributed by atoms with Crippen LogP contribution in [0, 0.1) is 5.92 Å².